The summed E-state index contributed by atoms with van der Waals surface area (Å²) in [6, 6.07) is 7.80. The van der Waals surface area contributed by atoms with E-state index in [-0.39, 0.29) is 29.7 Å². The molecule has 0 aromatic heterocycles. The molecule has 1 saturated heterocycles. The van der Waals surface area contributed by atoms with E-state index >= 15 is 0 Å². The number of carbonyl (C=O) groups excluding carboxylic acids is 6. The molecule has 2 bridgehead atoms. The Hall–Kier alpha value is -4.34. The smallest absolute Gasteiger partial charge is 0.338 e. The summed E-state index contributed by atoms with van der Waals surface area (Å²) in [6.45, 7) is 11.4. The van der Waals surface area contributed by atoms with Crippen molar-refractivity contribution in [3.8, 4) is 0 Å². The molecule has 5 rings (SSSR count). The molecular weight excluding hydrogens is 684 g/mol. The van der Waals surface area contributed by atoms with Crippen molar-refractivity contribution in [1.29, 1.82) is 0 Å². The predicted molar refractivity (Wildman–Crippen MR) is 176 cm³/mol. The first-order chi connectivity index (χ1) is 24.1. The van der Waals surface area contributed by atoms with Crippen molar-refractivity contribution >= 4 is 35.8 Å². The molecule has 2 N–H and O–H groups in total. The number of benzene rings is 1. The number of carbonyl (C=O) groups is 6. The van der Waals surface area contributed by atoms with Crippen molar-refractivity contribution in [3.05, 3.63) is 47.0 Å². The van der Waals surface area contributed by atoms with E-state index in [0.717, 1.165) is 34.6 Å². The molecule has 15 heteroatoms. The van der Waals surface area contributed by atoms with Crippen molar-refractivity contribution in [2.24, 2.45) is 16.7 Å². The molecule has 7 unspecified atom stereocenters. The third-order valence-corrected chi connectivity index (χ3v) is 11.3. The molecule has 0 radical (unpaired) electrons. The highest BCUT2D eigenvalue weighted by Crippen LogP contribution is 2.66. The molecule has 0 spiro atoms. The van der Waals surface area contributed by atoms with Crippen LogP contribution in [0.25, 0.3) is 0 Å². The summed E-state index contributed by atoms with van der Waals surface area (Å²) in [5.74, 6) is -6.58. The predicted octanol–water partition coefficient (Wildman–Crippen LogP) is 2.13. The minimum atomic E-state index is -2.68. The van der Waals surface area contributed by atoms with Crippen LogP contribution in [0, 0.1) is 16.7 Å². The van der Waals surface area contributed by atoms with Crippen LogP contribution in [0.1, 0.15) is 79.1 Å². The Morgan fingerprint density at radius 3 is 1.81 bits per heavy atom. The van der Waals surface area contributed by atoms with Gasteiger partial charge in [-0.2, -0.15) is 0 Å². The second-order valence-corrected chi connectivity index (χ2v) is 14.8. The standard InChI is InChI=1S/C37H46O15/c1-17-26-28(49-20(4)40)31(50-21(5)41)35(9)24(47-18(2)38)15-25-36(16-46-25,52-22(6)42)29(35)30(43)37(45,34(26,7)8)32(27(17)48-19(3)39)51-33(44)23-13-11-10-12-14-23/h10-14,24-25,27-32,43,45H,15-16H2,1-9H3/t24?,25?,27?,28?,29-,30?,31?,32?,35-,36+,37+/m1/s1. The topological polar surface area (TPSA) is 207 Å². The quantitative estimate of drug-likeness (QED) is 0.234. The highest BCUT2D eigenvalue weighted by Gasteiger charge is 2.80. The van der Waals surface area contributed by atoms with Gasteiger partial charge in [-0.3, -0.25) is 24.0 Å². The van der Waals surface area contributed by atoms with Gasteiger partial charge in [-0.25, -0.2) is 4.79 Å². The summed E-state index contributed by atoms with van der Waals surface area (Å²) in [6.07, 6.45) is -11.2. The maximum atomic E-state index is 13.8. The zero-order valence-corrected chi connectivity index (χ0v) is 30.6. The van der Waals surface area contributed by atoms with Gasteiger partial charge in [-0.05, 0) is 30.2 Å². The average molecular weight is 731 g/mol. The van der Waals surface area contributed by atoms with Gasteiger partial charge < -0.3 is 43.4 Å². The third-order valence-electron chi connectivity index (χ3n) is 11.3. The Kier molecular flexibility index (Phi) is 10.1. The Morgan fingerprint density at radius 1 is 0.750 bits per heavy atom. The molecule has 3 aliphatic carbocycles. The minimum Gasteiger partial charge on any atom is -0.462 e. The van der Waals surface area contributed by atoms with E-state index in [1.54, 1.807) is 18.2 Å². The number of hydrogen-bond acceptors (Lipinski definition) is 15. The van der Waals surface area contributed by atoms with Crippen LogP contribution in [0.5, 0.6) is 0 Å². The van der Waals surface area contributed by atoms with Crippen LogP contribution >= 0.6 is 0 Å². The van der Waals surface area contributed by atoms with E-state index in [1.165, 1.54) is 39.8 Å². The SMILES string of the molecule is CC(=O)OC1C2=C(C)C(OC(C)=O)C(OC(=O)c3ccccc3)[C@@](O)(C(O)[C@@H]3[C@@](C)(C(OC(C)=O)CC4OC[C@]43OC(C)=O)C1OC(C)=O)C2(C)C. The number of rotatable bonds is 7. The van der Waals surface area contributed by atoms with Crippen LogP contribution in [0.3, 0.4) is 0 Å². The van der Waals surface area contributed by atoms with Gasteiger partial charge in [0.25, 0.3) is 0 Å². The van der Waals surface area contributed by atoms with E-state index < -0.39 is 106 Å². The average Bonchev–Trinajstić information content (AvgIpc) is 3.03. The van der Waals surface area contributed by atoms with E-state index in [4.69, 9.17) is 33.2 Å². The lowest BCUT2D eigenvalue weighted by molar-refractivity contribution is -0.371. The molecule has 1 heterocycles. The first-order valence-corrected chi connectivity index (χ1v) is 17.0. The number of hydrogen-bond donors (Lipinski definition) is 2. The monoisotopic (exact) mass is 730 g/mol. The zero-order valence-electron chi connectivity index (χ0n) is 30.6. The lowest BCUT2D eigenvalue weighted by Crippen LogP contribution is -2.84. The van der Waals surface area contributed by atoms with E-state index in [1.807, 2.05) is 0 Å². The third kappa shape index (κ3) is 5.96. The maximum absolute atomic E-state index is 13.8. The van der Waals surface area contributed by atoms with Crippen molar-refractivity contribution in [2.75, 3.05) is 6.61 Å². The summed E-state index contributed by atoms with van der Waals surface area (Å²) in [7, 11) is 0. The Bertz CT molecular complexity index is 1680. The largest absolute Gasteiger partial charge is 0.462 e. The first-order valence-electron chi connectivity index (χ1n) is 17.0. The number of esters is 6. The summed E-state index contributed by atoms with van der Waals surface area (Å²) in [5, 5.41) is 26.6. The molecule has 284 valence electrons. The molecule has 11 atom stereocenters. The van der Waals surface area contributed by atoms with Gasteiger partial charge >= 0.3 is 35.8 Å². The maximum Gasteiger partial charge on any atom is 0.338 e. The number of aliphatic hydroxyl groups excluding tert-OH is 1. The fourth-order valence-electron chi connectivity index (χ4n) is 9.30. The molecule has 1 aromatic rings. The summed E-state index contributed by atoms with van der Waals surface area (Å²) in [4.78, 5) is 78.2. The van der Waals surface area contributed by atoms with E-state index in [9.17, 15) is 39.0 Å². The number of ether oxygens (including phenoxy) is 7. The van der Waals surface area contributed by atoms with Crippen molar-refractivity contribution in [1.82, 2.24) is 0 Å². The minimum absolute atomic E-state index is 0.0727. The van der Waals surface area contributed by atoms with Gasteiger partial charge in [-0.15, -0.1) is 0 Å². The van der Waals surface area contributed by atoms with Gasteiger partial charge in [0, 0.05) is 52.4 Å². The molecule has 2 saturated carbocycles. The molecule has 15 nitrogen and oxygen atoms in total. The summed E-state index contributed by atoms with van der Waals surface area (Å²) >= 11 is 0. The van der Waals surface area contributed by atoms with Gasteiger partial charge in [0.05, 0.1) is 23.7 Å². The number of fused-ring (bicyclic) bond motifs is 5. The van der Waals surface area contributed by atoms with Crippen molar-refractivity contribution in [2.45, 2.75) is 123 Å². The van der Waals surface area contributed by atoms with Gasteiger partial charge in [0.15, 0.2) is 30.0 Å². The van der Waals surface area contributed by atoms with Crippen LogP contribution < -0.4 is 0 Å². The highest BCUT2D eigenvalue weighted by atomic mass is 16.6. The molecular formula is C37H46O15. The molecule has 52 heavy (non-hydrogen) atoms. The van der Waals surface area contributed by atoms with Crippen LogP contribution in [0.2, 0.25) is 0 Å². The molecule has 1 aromatic carbocycles. The molecule has 0 amide bonds. The Morgan fingerprint density at radius 2 is 1.31 bits per heavy atom. The zero-order chi connectivity index (χ0) is 38.7. The summed E-state index contributed by atoms with van der Waals surface area (Å²) < 4.78 is 41.7. The fraction of sp³-hybridized carbons (Fsp3) is 0.622. The van der Waals surface area contributed by atoms with Crippen LogP contribution in [-0.4, -0.2) is 107 Å². The molecule has 1 aliphatic heterocycles. The normalized spacial score (nSPS) is 37.3. The Balaban J connectivity index is 1.93. The first kappa shape index (κ1) is 38.9. The van der Waals surface area contributed by atoms with E-state index in [0.29, 0.717) is 0 Å². The highest BCUT2D eigenvalue weighted by molar-refractivity contribution is 5.89. The van der Waals surface area contributed by atoms with E-state index in [2.05, 4.69) is 0 Å². The Labute approximate surface area is 300 Å². The van der Waals surface area contributed by atoms with Crippen LogP contribution in [0.15, 0.2) is 41.5 Å². The summed E-state index contributed by atoms with van der Waals surface area (Å²) in [5.41, 5.74) is -7.75. The van der Waals surface area contributed by atoms with Gasteiger partial charge in [0.1, 0.15) is 17.8 Å². The number of aliphatic hydroxyl groups is 2. The van der Waals surface area contributed by atoms with Crippen LogP contribution in [-0.2, 0) is 57.1 Å². The van der Waals surface area contributed by atoms with Gasteiger partial charge in [0.2, 0.25) is 0 Å². The second-order valence-electron chi connectivity index (χ2n) is 14.8. The van der Waals surface area contributed by atoms with Crippen molar-refractivity contribution < 1.29 is 72.1 Å². The molecule has 3 fully saturated rings. The lowest BCUT2D eigenvalue weighted by atomic mass is 9.43. The second kappa shape index (κ2) is 13.6. The molecule has 4 aliphatic rings. The van der Waals surface area contributed by atoms with Gasteiger partial charge in [-0.1, -0.05) is 39.0 Å². The van der Waals surface area contributed by atoms with Crippen molar-refractivity contribution in [3.63, 3.8) is 0 Å². The lowest BCUT2D eigenvalue weighted by Gasteiger charge is -2.69. The fourth-order valence-corrected chi connectivity index (χ4v) is 9.30. The van der Waals surface area contributed by atoms with Crippen LogP contribution in [0.4, 0.5) is 0 Å².